The Morgan fingerprint density at radius 3 is 2.48 bits per heavy atom. The number of carbonyl (C=O) groups excluding carboxylic acids is 2. The van der Waals surface area contributed by atoms with E-state index in [9.17, 15) is 14.0 Å². The lowest BCUT2D eigenvalue weighted by Crippen LogP contribution is -2.40. The summed E-state index contributed by atoms with van der Waals surface area (Å²) in [5.41, 5.74) is 0.770. The Balaban J connectivity index is 1.95. The second-order valence-corrected chi connectivity index (χ2v) is 6.34. The average Bonchev–Trinajstić information content (AvgIpc) is 3.05. The lowest BCUT2D eigenvalue weighted by molar-refractivity contribution is -0.132. The van der Waals surface area contributed by atoms with Crippen molar-refractivity contribution >= 4 is 23.2 Å². The van der Waals surface area contributed by atoms with Crippen molar-refractivity contribution in [1.82, 2.24) is 5.32 Å². The number of esters is 1. The average molecular weight is 335 g/mol. The minimum absolute atomic E-state index is 0.160. The third-order valence-electron chi connectivity index (χ3n) is 3.20. The van der Waals surface area contributed by atoms with Crippen LogP contribution in [0.1, 0.15) is 29.1 Å². The summed E-state index contributed by atoms with van der Waals surface area (Å²) in [6.45, 7) is 3.87. The lowest BCUT2D eigenvalue weighted by atomic mass is 10.1. The predicted molar refractivity (Wildman–Crippen MR) is 86.6 cm³/mol. The molecule has 0 aliphatic heterocycles. The monoisotopic (exact) mass is 335 g/mol. The van der Waals surface area contributed by atoms with Crippen LogP contribution in [0.2, 0.25) is 0 Å². The van der Waals surface area contributed by atoms with E-state index in [0.717, 1.165) is 5.56 Å². The maximum absolute atomic E-state index is 12.9. The summed E-state index contributed by atoms with van der Waals surface area (Å²) in [5, 5.41) is 4.49. The fraction of sp³-hybridized carbons (Fsp3) is 0.294. The van der Waals surface area contributed by atoms with Crippen LogP contribution in [0.25, 0.3) is 0 Å². The van der Waals surface area contributed by atoms with E-state index in [4.69, 9.17) is 4.74 Å². The van der Waals surface area contributed by atoms with Crippen LogP contribution < -0.4 is 5.32 Å². The van der Waals surface area contributed by atoms with Gasteiger partial charge in [-0.25, -0.2) is 9.18 Å². The third kappa shape index (κ3) is 4.89. The van der Waals surface area contributed by atoms with E-state index < -0.39 is 12.1 Å². The molecule has 0 radical (unpaired) electrons. The third-order valence-corrected chi connectivity index (χ3v) is 4.05. The maximum Gasteiger partial charge on any atom is 0.349 e. The number of hydrogen-bond donors (Lipinski definition) is 1. The van der Waals surface area contributed by atoms with Crippen molar-refractivity contribution in [2.24, 2.45) is 5.92 Å². The van der Waals surface area contributed by atoms with Crippen molar-refractivity contribution in [3.05, 3.63) is 58.0 Å². The maximum atomic E-state index is 12.9. The van der Waals surface area contributed by atoms with Crippen LogP contribution in [0.4, 0.5) is 4.39 Å². The van der Waals surface area contributed by atoms with Gasteiger partial charge in [0, 0.05) is 6.54 Å². The number of halogens is 1. The molecule has 1 heterocycles. The van der Waals surface area contributed by atoms with Crippen LogP contribution in [0, 0.1) is 11.7 Å². The number of hydrogen-bond acceptors (Lipinski definition) is 4. The first-order valence-corrected chi connectivity index (χ1v) is 8.12. The van der Waals surface area contributed by atoms with E-state index in [1.165, 1.54) is 23.5 Å². The highest BCUT2D eigenvalue weighted by molar-refractivity contribution is 7.11. The summed E-state index contributed by atoms with van der Waals surface area (Å²) >= 11 is 1.27. The number of rotatable bonds is 6. The van der Waals surface area contributed by atoms with Gasteiger partial charge in [0.05, 0.1) is 0 Å². The van der Waals surface area contributed by atoms with E-state index >= 15 is 0 Å². The first-order valence-electron chi connectivity index (χ1n) is 7.24. The summed E-state index contributed by atoms with van der Waals surface area (Å²) in [6, 6.07) is 9.26. The Hall–Kier alpha value is -2.21. The zero-order valence-electron chi connectivity index (χ0n) is 12.9. The minimum Gasteiger partial charge on any atom is -0.448 e. The van der Waals surface area contributed by atoms with Crippen molar-refractivity contribution in [3.8, 4) is 0 Å². The molecular formula is C17H18FNO3S. The van der Waals surface area contributed by atoms with Crippen molar-refractivity contribution < 1.29 is 18.7 Å². The Kier molecular flexibility index (Phi) is 5.87. The molecule has 1 aromatic carbocycles. The molecule has 1 N–H and O–H groups in total. The van der Waals surface area contributed by atoms with Crippen molar-refractivity contribution in [2.75, 3.05) is 0 Å². The molecular weight excluding hydrogens is 317 g/mol. The predicted octanol–water partition coefficient (Wildman–Crippen LogP) is 3.39. The van der Waals surface area contributed by atoms with E-state index in [-0.39, 0.29) is 24.2 Å². The van der Waals surface area contributed by atoms with Gasteiger partial charge in [0.15, 0.2) is 6.10 Å². The number of ether oxygens (including phenoxy) is 1. The molecule has 1 amide bonds. The molecule has 1 atom stereocenters. The van der Waals surface area contributed by atoms with Crippen molar-refractivity contribution in [2.45, 2.75) is 26.5 Å². The van der Waals surface area contributed by atoms with Gasteiger partial charge in [0.1, 0.15) is 10.7 Å². The van der Waals surface area contributed by atoms with E-state index in [1.807, 2.05) is 13.8 Å². The van der Waals surface area contributed by atoms with Crippen LogP contribution in [-0.4, -0.2) is 18.0 Å². The standard InChI is InChI=1S/C17H18FNO3S/c1-11(2)15(22-17(21)14-4-3-9-23-14)16(20)19-10-12-5-7-13(18)8-6-12/h3-9,11,15H,10H2,1-2H3,(H,19,20)/t15-/m0/s1. The van der Waals surface area contributed by atoms with Gasteiger partial charge in [0.25, 0.3) is 5.91 Å². The van der Waals surface area contributed by atoms with Gasteiger partial charge in [-0.05, 0) is 35.1 Å². The highest BCUT2D eigenvalue weighted by atomic mass is 32.1. The first kappa shape index (κ1) is 17.1. The molecule has 0 saturated heterocycles. The number of nitrogens with one attached hydrogen (secondary N) is 1. The quantitative estimate of drug-likeness (QED) is 0.823. The molecule has 0 saturated carbocycles. The number of benzene rings is 1. The van der Waals surface area contributed by atoms with Gasteiger partial charge in [0.2, 0.25) is 0 Å². The SMILES string of the molecule is CC(C)[C@H](OC(=O)c1cccs1)C(=O)NCc1ccc(F)cc1. The van der Waals surface area contributed by atoms with E-state index in [1.54, 1.807) is 29.6 Å². The molecule has 0 bridgehead atoms. The van der Waals surface area contributed by atoms with Crippen LogP contribution in [0.5, 0.6) is 0 Å². The molecule has 0 fully saturated rings. The second kappa shape index (κ2) is 7.87. The molecule has 2 aromatic rings. The zero-order valence-corrected chi connectivity index (χ0v) is 13.7. The number of carbonyl (C=O) groups is 2. The van der Waals surface area contributed by atoms with Gasteiger partial charge >= 0.3 is 5.97 Å². The summed E-state index contributed by atoms with van der Waals surface area (Å²) in [6.07, 6.45) is -0.870. The Morgan fingerprint density at radius 2 is 1.91 bits per heavy atom. The molecule has 0 unspecified atom stereocenters. The zero-order chi connectivity index (χ0) is 16.8. The molecule has 1 aromatic heterocycles. The molecule has 0 aliphatic carbocycles. The van der Waals surface area contributed by atoms with Crippen molar-refractivity contribution in [1.29, 1.82) is 0 Å². The van der Waals surface area contributed by atoms with Gasteiger partial charge in [-0.3, -0.25) is 4.79 Å². The number of thiophene rings is 1. The Bertz CT molecular complexity index is 653. The fourth-order valence-corrected chi connectivity index (χ4v) is 2.56. The minimum atomic E-state index is -0.870. The van der Waals surface area contributed by atoms with Gasteiger partial charge in [-0.2, -0.15) is 0 Å². The van der Waals surface area contributed by atoms with Crippen LogP contribution in [-0.2, 0) is 16.1 Å². The highest BCUT2D eigenvalue weighted by Gasteiger charge is 2.27. The highest BCUT2D eigenvalue weighted by Crippen LogP contribution is 2.15. The van der Waals surface area contributed by atoms with Gasteiger partial charge in [-0.15, -0.1) is 11.3 Å². The van der Waals surface area contributed by atoms with E-state index in [2.05, 4.69) is 5.32 Å². The summed E-state index contributed by atoms with van der Waals surface area (Å²) in [4.78, 5) is 24.7. The van der Waals surface area contributed by atoms with Gasteiger partial charge < -0.3 is 10.1 Å². The largest absolute Gasteiger partial charge is 0.448 e. The fourth-order valence-electron chi connectivity index (χ4n) is 1.95. The topological polar surface area (TPSA) is 55.4 Å². The smallest absolute Gasteiger partial charge is 0.349 e. The van der Waals surface area contributed by atoms with Crippen LogP contribution in [0.15, 0.2) is 41.8 Å². The Morgan fingerprint density at radius 1 is 1.22 bits per heavy atom. The van der Waals surface area contributed by atoms with Crippen LogP contribution >= 0.6 is 11.3 Å². The summed E-state index contributed by atoms with van der Waals surface area (Å²) < 4.78 is 18.2. The molecule has 2 rings (SSSR count). The normalized spacial score (nSPS) is 12.0. The van der Waals surface area contributed by atoms with Gasteiger partial charge in [-0.1, -0.05) is 32.0 Å². The lowest BCUT2D eigenvalue weighted by Gasteiger charge is -2.20. The van der Waals surface area contributed by atoms with E-state index in [0.29, 0.717) is 4.88 Å². The molecule has 0 spiro atoms. The molecule has 6 heteroatoms. The second-order valence-electron chi connectivity index (χ2n) is 5.39. The molecule has 122 valence electrons. The molecule has 0 aliphatic rings. The van der Waals surface area contributed by atoms with Crippen LogP contribution in [0.3, 0.4) is 0 Å². The summed E-state index contributed by atoms with van der Waals surface area (Å²) in [5.74, 6) is -1.36. The molecule has 23 heavy (non-hydrogen) atoms. The molecule has 4 nitrogen and oxygen atoms in total. The first-order chi connectivity index (χ1) is 11.0. The van der Waals surface area contributed by atoms with Crippen molar-refractivity contribution in [3.63, 3.8) is 0 Å². The number of amides is 1. The summed E-state index contributed by atoms with van der Waals surface area (Å²) in [7, 11) is 0. The Labute approximate surface area is 138 Å².